The molecule has 0 saturated carbocycles. The Morgan fingerprint density at radius 1 is 1.10 bits per heavy atom. The van der Waals surface area contributed by atoms with Crippen LogP contribution < -0.4 is 17.5 Å². The molecule has 0 aromatic rings. The van der Waals surface area contributed by atoms with Crippen molar-refractivity contribution in [1.29, 1.82) is 0 Å². The summed E-state index contributed by atoms with van der Waals surface area (Å²) >= 11 is 0. The first-order valence-electron chi connectivity index (χ1n) is 7.41. The molecule has 0 radical (unpaired) electrons. The average Bonchev–Trinajstić information content (AvgIpc) is 2.44. The maximum absolute atomic E-state index is 12.7. The van der Waals surface area contributed by atoms with Crippen LogP contribution in [0.2, 0.25) is 0 Å². The van der Waals surface area contributed by atoms with Crippen molar-refractivity contribution in [2.45, 2.75) is 6.42 Å². The highest BCUT2D eigenvalue weighted by atomic mass is 35.5. The molecule has 1 spiro atoms. The van der Waals surface area contributed by atoms with E-state index in [1.54, 1.807) is 0 Å². The second-order valence-corrected chi connectivity index (χ2v) is 8.29. The van der Waals surface area contributed by atoms with Gasteiger partial charge >= 0.3 is 7.67 Å². The third-order valence-electron chi connectivity index (χ3n) is 4.85. The fourth-order valence-corrected chi connectivity index (χ4v) is 5.26. The molecule has 0 amide bonds. The standard InChI is InChI=1S/C12H26N4O2P.ClH/c1-14-4-8-16(9-5-14)10-6-15(7-11-16)19(17)13-3-2-12-18-19;/h2-12H2,1H3,(H,13,17);1H/q+1;/p-1. The van der Waals surface area contributed by atoms with Gasteiger partial charge in [-0.25, -0.2) is 9.76 Å². The van der Waals surface area contributed by atoms with E-state index in [1.165, 1.54) is 30.7 Å². The van der Waals surface area contributed by atoms with Crippen molar-refractivity contribution < 1.29 is 26.0 Å². The summed E-state index contributed by atoms with van der Waals surface area (Å²) in [5.74, 6) is 0. The van der Waals surface area contributed by atoms with Gasteiger partial charge in [-0.3, -0.25) is 9.46 Å². The molecule has 1 unspecified atom stereocenters. The van der Waals surface area contributed by atoms with Crippen LogP contribution in [0.4, 0.5) is 0 Å². The number of hydrogen-bond donors (Lipinski definition) is 1. The molecular formula is C12H26ClN4O2P. The lowest BCUT2D eigenvalue weighted by Gasteiger charge is -2.49. The Labute approximate surface area is 128 Å². The molecule has 3 aliphatic rings. The van der Waals surface area contributed by atoms with E-state index in [2.05, 4.69) is 21.7 Å². The summed E-state index contributed by atoms with van der Waals surface area (Å²) in [6.07, 6.45) is 0.962. The number of nitrogens with zero attached hydrogens (tertiary/aromatic N) is 3. The zero-order valence-corrected chi connectivity index (χ0v) is 13.9. The van der Waals surface area contributed by atoms with Gasteiger partial charge in [-0.15, -0.1) is 0 Å². The third kappa shape index (κ3) is 3.38. The monoisotopic (exact) mass is 324 g/mol. The summed E-state index contributed by atoms with van der Waals surface area (Å²) in [5, 5.41) is 3.11. The zero-order chi connectivity index (χ0) is 13.3. The highest BCUT2D eigenvalue weighted by Crippen LogP contribution is 2.49. The molecule has 1 N–H and O–H groups in total. The van der Waals surface area contributed by atoms with Gasteiger partial charge in [0.05, 0.1) is 45.9 Å². The number of likely N-dealkylation sites (N-methyl/N-ethyl adjacent to an activating group) is 1. The van der Waals surface area contributed by atoms with E-state index in [0.29, 0.717) is 6.61 Å². The normalized spacial score (nSPS) is 35.6. The number of rotatable bonds is 1. The number of hydrogen-bond acceptors (Lipinski definition) is 3. The Morgan fingerprint density at radius 3 is 2.25 bits per heavy atom. The summed E-state index contributed by atoms with van der Waals surface area (Å²) in [7, 11) is -0.508. The van der Waals surface area contributed by atoms with Crippen LogP contribution in [0.15, 0.2) is 0 Å². The second-order valence-electron chi connectivity index (χ2n) is 6.11. The lowest BCUT2D eigenvalue weighted by atomic mass is 10.2. The Hall–Kier alpha value is 0.320. The van der Waals surface area contributed by atoms with Crippen LogP contribution in [0.25, 0.3) is 0 Å². The highest BCUT2D eigenvalue weighted by molar-refractivity contribution is 7.54. The molecular weight excluding hydrogens is 299 g/mol. The van der Waals surface area contributed by atoms with Crippen molar-refractivity contribution in [3.05, 3.63) is 0 Å². The first-order valence-corrected chi connectivity index (χ1v) is 8.99. The maximum Gasteiger partial charge on any atom is 0.343 e. The van der Waals surface area contributed by atoms with E-state index in [4.69, 9.17) is 4.52 Å². The van der Waals surface area contributed by atoms with Crippen molar-refractivity contribution in [1.82, 2.24) is 14.7 Å². The van der Waals surface area contributed by atoms with Crippen LogP contribution >= 0.6 is 7.67 Å². The lowest BCUT2D eigenvalue weighted by Crippen LogP contribution is -3.00. The largest absolute Gasteiger partial charge is 1.00 e. The van der Waals surface area contributed by atoms with E-state index in [1.807, 2.05) is 0 Å². The molecule has 0 aliphatic carbocycles. The molecule has 3 fully saturated rings. The van der Waals surface area contributed by atoms with Gasteiger partial charge in [-0.2, -0.15) is 0 Å². The predicted molar refractivity (Wildman–Crippen MR) is 75.0 cm³/mol. The van der Waals surface area contributed by atoms with Crippen molar-refractivity contribution >= 4 is 7.67 Å². The van der Waals surface area contributed by atoms with Gasteiger partial charge in [0.15, 0.2) is 0 Å². The van der Waals surface area contributed by atoms with Gasteiger partial charge in [0, 0.05) is 19.6 Å². The number of halogens is 1. The van der Waals surface area contributed by atoms with E-state index < -0.39 is 7.67 Å². The zero-order valence-electron chi connectivity index (χ0n) is 12.3. The van der Waals surface area contributed by atoms with E-state index in [9.17, 15) is 4.57 Å². The molecule has 0 aromatic carbocycles. The van der Waals surface area contributed by atoms with Crippen LogP contribution in [0, 0.1) is 0 Å². The van der Waals surface area contributed by atoms with Gasteiger partial charge in [-0.05, 0) is 13.5 Å². The Kier molecular flexibility index (Phi) is 5.52. The van der Waals surface area contributed by atoms with Crippen LogP contribution in [0.1, 0.15) is 6.42 Å². The van der Waals surface area contributed by atoms with Crippen LogP contribution in [0.5, 0.6) is 0 Å². The minimum Gasteiger partial charge on any atom is -1.00 e. The lowest BCUT2D eigenvalue weighted by molar-refractivity contribution is -0.935. The average molecular weight is 325 g/mol. The smallest absolute Gasteiger partial charge is 0.343 e. The van der Waals surface area contributed by atoms with Gasteiger partial charge in [0.1, 0.15) is 0 Å². The first-order chi connectivity index (χ1) is 9.12. The fourth-order valence-electron chi connectivity index (χ4n) is 3.29. The molecule has 118 valence electrons. The summed E-state index contributed by atoms with van der Waals surface area (Å²) in [6.45, 7) is 10.3. The summed E-state index contributed by atoms with van der Waals surface area (Å²) < 4.78 is 21.5. The molecule has 20 heavy (non-hydrogen) atoms. The van der Waals surface area contributed by atoms with Crippen molar-refractivity contribution in [3.8, 4) is 0 Å². The molecule has 0 bridgehead atoms. The topological polar surface area (TPSA) is 44.8 Å². The van der Waals surface area contributed by atoms with Crippen molar-refractivity contribution in [2.75, 3.05) is 72.6 Å². The molecule has 0 aromatic heterocycles. The molecule has 3 aliphatic heterocycles. The number of quaternary nitrogens is 1. The molecule has 1 atom stereocenters. The number of piperazine rings is 2. The summed E-state index contributed by atoms with van der Waals surface area (Å²) in [6, 6.07) is 0. The van der Waals surface area contributed by atoms with E-state index in [0.717, 1.165) is 39.1 Å². The van der Waals surface area contributed by atoms with Crippen LogP contribution in [0.3, 0.4) is 0 Å². The van der Waals surface area contributed by atoms with E-state index >= 15 is 0 Å². The Balaban J connectivity index is 0.00000147. The van der Waals surface area contributed by atoms with Gasteiger partial charge in [-0.1, -0.05) is 0 Å². The number of nitrogens with one attached hydrogen (secondary N) is 1. The van der Waals surface area contributed by atoms with Gasteiger partial charge in [0.25, 0.3) is 0 Å². The molecule has 3 saturated heterocycles. The van der Waals surface area contributed by atoms with Gasteiger partial charge < -0.3 is 21.4 Å². The highest BCUT2D eigenvalue weighted by Gasteiger charge is 2.42. The quantitative estimate of drug-likeness (QED) is 0.417. The molecule has 6 nitrogen and oxygen atoms in total. The van der Waals surface area contributed by atoms with Crippen molar-refractivity contribution in [3.63, 3.8) is 0 Å². The van der Waals surface area contributed by atoms with E-state index in [-0.39, 0.29) is 12.4 Å². The third-order valence-corrected chi connectivity index (χ3v) is 7.15. The molecule has 3 heterocycles. The maximum atomic E-state index is 12.7. The molecule has 8 heteroatoms. The Morgan fingerprint density at radius 2 is 1.70 bits per heavy atom. The summed E-state index contributed by atoms with van der Waals surface area (Å²) in [5.41, 5.74) is 0. The fraction of sp³-hybridized carbons (Fsp3) is 1.00. The second kappa shape index (κ2) is 6.61. The Bertz CT molecular complexity index is 356. The van der Waals surface area contributed by atoms with Crippen molar-refractivity contribution in [2.24, 2.45) is 0 Å². The minimum absolute atomic E-state index is 0. The molecule has 3 rings (SSSR count). The van der Waals surface area contributed by atoms with Gasteiger partial charge in [0.2, 0.25) is 0 Å². The predicted octanol–water partition coefficient (Wildman–Crippen LogP) is -2.81. The first kappa shape index (κ1) is 16.7. The summed E-state index contributed by atoms with van der Waals surface area (Å²) in [4.78, 5) is 2.41. The van der Waals surface area contributed by atoms with Crippen LogP contribution in [-0.4, -0.2) is 86.6 Å². The SMILES string of the molecule is CN1CC[N+]2(CC1)CCN(P1(=O)NCCCO1)CC2.[Cl-]. The van der Waals surface area contributed by atoms with Crippen LogP contribution in [-0.2, 0) is 9.09 Å². The minimum atomic E-state index is -2.71.